The van der Waals surface area contributed by atoms with E-state index in [1.165, 1.54) is 0 Å². The predicted octanol–water partition coefficient (Wildman–Crippen LogP) is 2.61. The molecule has 0 radical (unpaired) electrons. The maximum atomic E-state index is 6.14. The molecule has 1 atom stereocenters. The average Bonchev–Trinajstić information content (AvgIpc) is 1.56. The minimum atomic E-state index is -1.23. The molecular weight excluding hydrogens is 184 g/mol. The van der Waals surface area contributed by atoms with Crippen molar-refractivity contribution in [3.8, 4) is 0 Å². The standard InChI is InChI=1S/C7H22OSi3/c1-9(11(5,6)7)8-10(2,3)4/h9H,1-7H3. The highest BCUT2D eigenvalue weighted by Crippen LogP contribution is 2.13. The quantitative estimate of drug-likeness (QED) is 0.645. The van der Waals surface area contributed by atoms with E-state index in [4.69, 9.17) is 4.12 Å². The largest absolute Gasteiger partial charge is 0.460 e. The zero-order valence-corrected chi connectivity index (χ0v) is 12.1. The molecule has 0 aliphatic rings. The molecule has 0 fully saturated rings. The molecule has 0 saturated carbocycles. The summed E-state index contributed by atoms with van der Waals surface area (Å²) in [6, 6.07) is 0. The van der Waals surface area contributed by atoms with Gasteiger partial charge in [-0.25, -0.2) is 0 Å². The van der Waals surface area contributed by atoms with Crippen molar-refractivity contribution in [3.05, 3.63) is 0 Å². The second-order valence-electron chi connectivity index (χ2n) is 5.24. The van der Waals surface area contributed by atoms with Crippen LogP contribution in [0.5, 0.6) is 0 Å². The fourth-order valence-electron chi connectivity index (χ4n) is 0.707. The second kappa shape index (κ2) is 3.55. The summed E-state index contributed by atoms with van der Waals surface area (Å²) in [7, 11) is -2.97. The van der Waals surface area contributed by atoms with Crippen molar-refractivity contribution >= 4 is 24.5 Å². The molecule has 0 aromatic rings. The lowest BCUT2D eigenvalue weighted by Crippen LogP contribution is -2.48. The van der Waals surface area contributed by atoms with Crippen molar-refractivity contribution in [2.75, 3.05) is 0 Å². The van der Waals surface area contributed by atoms with Crippen molar-refractivity contribution < 1.29 is 4.12 Å². The molecule has 1 nitrogen and oxygen atoms in total. The van der Waals surface area contributed by atoms with Gasteiger partial charge in [-0.3, -0.25) is 0 Å². The van der Waals surface area contributed by atoms with Crippen LogP contribution in [0.1, 0.15) is 0 Å². The second-order valence-corrected chi connectivity index (χ2v) is 24.1. The molecule has 0 aromatic carbocycles. The lowest BCUT2D eigenvalue weighted by atomic mass is 11.8. The topological polar surface area (TPSA) is 9.23 Å². The monoisotopic (exact) mass is 206 g/mol. The third-order valence-electron chi connectivity index (χ3n) is 1.75. The van der Waals surface area contributed by atoms with Crippen molar-refractivity contribution in [3.63, 3.8) is 0 Å². The summed E-state index contributed by atoms with van der Waals surface area (Å²) in [6.45, 7) is 16.5. The predicted molar refractivity (Wildman–Crippen MR) is 60.8 cm³/mol. The van der Waals surface area contributed by atoms with E-state index in [0.29, 0.717) is 0 Å². The summed E-state index contributed by atoms with van der Waals surface area (Å²) in [6.07, 6.45) is 0. The van der Waals surface area contributed by atoms with Crippen molar-refractivity contribution in [1.82, 2.24) is 0 Å². The van der Waals surface area contributed by atoms with E-state index in [1.54, 1.807) is 0 Å². The molecule has 0 rings (SSSR count). The fourth-order valence-corrected chi connectivity index (χ4v) is 12.7. The third kappa shape index (κ3) is 5.84. The molecule has 11 heavy (non-hydrogen) atoms. The van der Waals surface area contributed by atoms with E-state index in [2.05, 4.69) is 45.8 Å². The maximum Gasteiger partial charge on any atom is 0.169 e. The van der Waals surface area contributed by atoms with Crippen LogP contribution >= 0.6 is 0 Å². The molecule has 0 heterocycles. The lowest BCUT2D eigenvalue weighted by molar-refractivity contribution is 0.592. The summed E-state index contributed by atoms with van der Waals surface area (Å²) in [5.41, 5.74) is 0. The summed E-state index contributed by atoms with van der Waals surface area (Å²) in [4.78, 5) is 0. The van der Waals surface area contributed by atoms with E-state index in [0.717, 1.165) is 0 Å². The first-order valence-corrected chi connectivity index (χ1v) is 14.6. The molecule has 0 saturated heterocycles. The van der Waals surface area contributed by atoms with Gasteiger partial charge in [0.1, 0.15) is 8.56 Å². The van der Waals surface area contributed by atoms with Gasteiger partial charge in [-0.1, -0.05) is 26.2 Å². The summed E-state index contributed by atoms with van der Waals surface area (Å²) in [5.74, 6) is 0. The molecule has 0 aromatic heterocycles. The van der Waals surface area contributed by atoms with Gasteiger partial charge >= 0.3 is 0 Å². The third-order valence-corrected chi connectivity index (χ3v) is 16.8. The van der Waals surface area contributed by atoms with Gasteiger partial charge in [-0.15, -0.1) is 0 Å². The van der Waals surface area contributed by atoms with E-state index in [9.17, 15) is 0 Å². The van der Waals surface area contributed by atoms with Gasteiger partial charge in [0.05, 0.1) is 7.59 Å². The summed E-state index contributed by atoms with van der Waals surface area (Å²) < 4.78 is 6.14. The first kappa shape index (κ1) is 11.6. The molecular formula is C7H22OSi3. The van der Waals surface area contributed by atoms with Gasteiger partial charge in [-0.05, 0) is 19.6 Å². The normalized spacial score (nSPS) is 16.6. The zero-order valence-electron chi connectivity index (χ0n) is 8.99. The Morgan fingerprint density at radius 3 is 1.36 bits per heavy atom. The van der Waals surface area contributed by atoms with Crippen LogP contribution in [-0.2, 0) is 4.12 Å². The molecule has 0 aliphatic carbocycles. The molecule has 4 heteroatoms. The van der Waals surface area contributed by atoms with E-state index >= 15 is 0 Å². The Labute approximate surface area is 74.8 Å². The number of hydrogen-bond donors (Lipinski definition) is 0. The smallest absolute Gasteiger partial charge is 0.169 e. The van der Waals surface area contributed by atoms with E-state index < -0.39 is 24.5 Å². The van der Waals surface area contributed by atoms with Crippen LogP contribution in [0.2, 0.25) is 45.8 Å². The van der Waals surface area contributed by atoms with Gasteiger partial charge < -0.3 is 4.12 Å². The Morgan fingerprint density at radius 1 is 0.909 bits per heavy atom. The van der Waals surface area contributed by atoms with Crippen molar-refractivity contribution in [2.45, 2.75) is 45.8 Å². The van der Waals surface area contributed by atoms with Crippen LogP contribution in [-0.4, -0.2) is 24.5 Å². The Kier molecular flexibility index (Phi) is 3.75. The van der Waals surface area contributed by atoms with Crippen molar-refractivity contribution in [2.24, 2.45) is 0 Å². The molecule has 0 aliphatic heterocycles. The first-order valence-electron chi connectivity index (χ1n) is 4.31. The van der Waals surface area contributed by atoms with Gasteiger partial charge in [0.15, 0.2) is 8.32 Å². The highest BCUT2D eigenvalue weighted by molar-refractivity contribution is 7.30. The Bertz CT molecular complexity index is 123. The zero-order chi connectivity index (χ0) is 9.28. The van der Waals surface area contributed by atoms with Gasteiger partial charge in [-0.2, -0.15) is 0 Å². The molecule has 1 unspecified atom stereocenters. The molecule has 0 bridgehead atoms. The SMILES string of the molecule is C[SiH](O[Si](C)(C)C)[Si](C)(C)C. The molecule has 0 N–H and O–H groups in total. The van der Waals surface area contributed by atoms with Crippen LogP contribution in [0.3, 0.4) is 0 Å². The Balaban J connectivity index is 3.99. The van der Waals surface area contributed by atoms with Crippen LogP contribution in [0.15, 0.2) is 0 Å². The van der Waals surface area contributed by atoms with E-state index in [1.807, 2.05) is 0 Å². The van der Waals surface area contributed by atoms with E-state index in [-0.39, 0.29) is 0 Å². The summed E-state index contributed by atoms with van der Waals surface area (Å²) in [5, 5.41) is 0. The Hall–Kier alpha value is 0.611. The highest BCUT2D eigenvalue weighted by Gasteiger charge is 2.29. The van der Waals surface area contributed by atoms with Gasteiger partial charge in [0, 0.05) is 0 Å². The van der Waals surface area contributed by atoms with Crippen molar-refractivity contribution in [1.29, 1.82) is 0 Å². The lowest BCUT2D eigenvalue weighted by Gasteiger charge is -2.30. The van der Waals surface area contributed by atoms with Gasteiger partial charge in [0.2, 0.25) is 0 Å². The Morgan fingerprint density at radius 2 is 1.27 bits per heavy atom. The molecule has 0 amide bonds. The summed E-state index contributed by atoms with van der Waals surface area (Å²) >= 11 is 0. The van der Waals surface area contributed by atoms with Crippen LogP contribution < -0.4 is 0 Å². The fraction of sp³-hybridized carbons (Fsp3) is 1.00. The minimum absolute atomic E-state index is 0.815. The number of rotatable bonds is 3. The van der Waals surface area contributed by atoms with Crippen LogP contribution in [0, 0.1) is 0 Å². The number of hydrogen-bond acceptors (Lipinski definition) is 1. The van der Waals surface area contributed by atoms with Crippen LogP contribution in [0.25, 0.3) is 0 Å². The van der Waals surface area contributed by atoms with Gasteiger partial charge in [0.25, 0.3) is 0 Å². The first-order chi connectivity index (χ1) is 4.63. The average molecular weight is 207 g/mol. The van der Waals surface area contributed by atoms with Crippen LogP contribution in [0.4, 0.5) is 0 Å². The molecule has 68 valence electrons. The maximum absolute atomic E-state index is 6.14. The molecule has 0 spiro atoms. The highest BCUT2D eigenvalue weighted by atomic mass is 29.2. The minimum Gasteiger partial charge on any atom is -0.460 e.